The molecule has 0 aromatic heterocycles. The molecule has 1 heterocycles. The Morgan fingerprint density at radius 3 is 2.12 bits per heavy atom. The number of hydrogen-bond donors (Lipinski definition) is 6. The van der Waals surface area contributed by atoms with Crippen LogP contribution in [0.25, 0.3) is 0 Å². The summed E-state index contributed by atoms with van der Waals surface area (Å²) in [7, 11) is 0. The average molecular weight is 685 g/mol. The first-order valence-corrected chi connectivity index (χ1v) is 15.0. The summed E-state index contributed by atoms with van der Waals surface area (Å²) < 4.78 is 45.5. The van der Waals surface area contributed by atoms with Crippen molar-refractivity contribution >= 4 is 41.4 Å². The number of nitrogens with zero attached hydrogens (tertiary/aromatic N) is 1. The Kier molecular flexibility index (Phi) is 16.7. The largest absolute Gasteiger partial charge is 0.481 e. The highest BCUT2D eigenvalue weighted by molar-refractivity contribution is 6.12. The fraction of sp³-hybridized carbons (Fsp3) is 0.500. The summed E-state index contributed by atoms with van der Waals surface area (Å²) in [4.78, 5) is 84.2. The summed E-state index contributed by atoms with van der Waals surface area (Å²) in [5.74, 6) is -5.10. The lowest BCUT2D eigenvalue weighted by molar-refractivity contribution is -0.158. The standard InChI is InChI=1S/C30H39F3N6O9/c31-30(32,33)22(9-5-2-6-13-39-26(43)10-11-27(39)44)34-16-23(40)35-18-25(42)38-21(15-20-7-3-1-4-8-20)29(47)36-17-24(41)37-19-48-14-12-28(45)46/h1,3-4,7-8,10-11,21-22,34H,2,5-6,9,12-19H2,(H,35,40)(H,36,47)(H,37,41)(H,38,42)(H,45,46)/t21-,22?/m0/s1. The van der Waals surface area contributed by atoms with E-state index in [0.717, 1.165) is 17.1 Å². The number of alkyl halides is 3. The Morgan fingerprint density at radius 1 is 0.833 bits per heavy atom. The molecule has 6 N–H and O–H groups in total. The Balaban J connectivity index is 1.78. The van der Waals surface area contributed by atoms with E-state index >= 15 is 0 Å². The van der Waals surface area contributed by atoms with Crippen LogP contribution in [0.2, 0.25) is 0 Å². The Labute approximate surface area is 274 Å². The molecular weight excluding hydrogens is 645 g/mol. The van der Waals surface area contributed by atoms with Gasteiger partial charge in [-0.2, -0.15) is 13.2 Å². The smallest absolute Gasteiger partial charge is 0.403 e. The van der Waals surface area contributed by atoms with E-state index in [1.165, 1.54) is 0 Å². The van der Waals surface area contributed by atoms with Crippen molar-refractivity contribution in [2.75, 3.05) is 39.5 Å². The third kappa shape index (κ3) is 15.6. The quantitative estimate of drug-likeness (QED) is 0.0525. The van der Waals surface area contributed by atoms with Crippen LogP contribution in [0.3, 0.4) is 0 Å². The Hall–Kier alpha value is -4.84. The third-order valence-corrected chi connectivity index (χ3v) is 6.81. The Morgan fingerprint density at radius 2 is 1.48 bits per heavy atom. The van der Waals surface area contributed by atoms with Gasteiger partial charge >= 0.3 is 12.1 Å². The molecule has 0 bridgehead atoms. The summed E-state index contributed by atoms with van der Waals surface area (Å²) >= 11 is 0. The first-order valence-electron chi connectivity index (χ1n) is 15.0. The molecule has 1 aromatic rings. The number of ether oxygens (including phenoxy) is 1. The van der Waals surface area contributed by atoms with Crippen molar-refractivity contribution in [3.63, 3.8) is 0 Å². The summed E-state index contributed by atoms with van der Waals surface area (Å²) in [6.07, 6.45) is -2.27. The SMILES string of the molecule is O=C(O)CCOCNC(=O)CNC(=O)[C@H](Cc1ccccc1)NC(=O)CNC(=O)CNC(CCCCCN1C(=O)C=CC1=O)C(F)(F)F. The molecule has 1 aromatic carbocycles. The van der Waals surface area contributed by atoms with E-state index in [1.54, 1.807) is 30.3 Å². The summed E-state index contributed by atoms with van der Waals surface area (Å²) in [6.45, 7) is -2.20. The van der Waals surface area contributed by atoms with Crippen LogP contribution >= 0.6 is 0 Å². The fourth-order valence-corrected chi connectivity index (χ4v) is 4.31. The molecule has 0 saturated heterocycles. The maximum absolute atomic E-state index is 13.5. The molecule has 2 rings (SSSR count). The number of imide groups is 1. The van der Waals surface area contributed by atoms with Crippen molar-refractivity contribution in [1.29, 1.82) is 0 Å². The van der Waals surface area contributed by atoms with Crippen molar-refractivity contribution in [3.8, 4) is 0 Å². The normalized spacial score (nSPS) is 13.9. The van der Waals surface area contributed by atoms with Crippen molar-refractivity contribution in [3.05, 3.63) is 48.0 Å². The number of hydrogen-bond acceptors (Lipinski definition) is 9. The highest BCUT2D eigenvalue weighted by Crippen LogP contribution is 2.24. The minimum atomic E-state index is -4.66. The van der Waals surface area contributed by atoms with E-state index in [9.17, 15) is 46.7 Å². The van der Waals surface area contributed by atoms with Crippen molar-refractivity contribution in [1.82, 2.24) is 31.5 Å². The molecule has 264 valence electrons. The number of rotatable bonds is 22. The van der Waals surface area contributed by atoms with Crippen LogP contribution in [0, 0.1) is 0 Å². The van der Waals surface area contributed by atoms with Gasteiger partial charge in [-0.3, -0.25) is 43.8 Å². The van der Waals surface area contributed by atoms with E-state index in [-0.39, 0.29) is 45.6 Å². The summed E-state index contributed by atoms with van der Waals surface area (Å²) in [5.41, 5.74) is 0.663. The molecule has 0 spiro atoms. The number of carboxylic acid groups (broad SMARTS) is 1. The van der Waals surface area contributed by atoms with Crippen LogP contribution in [0.15, 0.2) is 42.5 Å². The molecule has 0 radical (unpaired) electrons. The fourth-order valence-electron chi connectivity index (χ4n) is 4.31. The van der Waals surface area contributed by atoms with Crippen LogP contribution in [0.5, 0.6) is 0 Å². The van der Waals surface area contributed by atoms with Gasteiger partial charge in [0.05, 0.1) is 32.7 Å². The molecule has 0 aliphatic carbocycles. The van der Waals surface area contributed by atoms with Crippen LogP contribution in [0.4, 0.5) is 13.2 Å². The zero-order valence-corrected chi connectivity index (χ0v) is 26.0. The van der Waals surface area contributed by atoms with Gasteiger partial charge in [-0.25, -0.2) is 0 Å². The van der Waals surface area contributed by atoms with Gasteiger partial charge in [0.15, 0.2) is 0 Å². The topological polar surface area (TPSA) is 212 Å². The van der Waals surface area contributed by atoms with Crippen molar-refractivity contribution in [2.45, 2.75) is 56.8 Å². The van der Waals surface area contributed by atoms with Gasteiger partial charge in [-0.15, -0.1) is 0 Å². The van der Waals surface area contributed by atoms with Crippen molar-refractivity contribution in [2.24, 2.45) is 0 Å². The monoisotopic (exact) mass is 684 g/mol. The molecule has 1 unspecified atom stereocenters. The predicted molar refractivity (Wildman–Crippen MR) is 161 cm³/mol. The highest BCUT2D eigenvalue weighted by atomic mass is 19.4. The minimum Gasteiger partial charge on any atom is -0.481 e. The van der Waals surface area contributed by atoms with Crippen LogP contribution in [-0.2, 0) is 44.7 Å². The Bertz CT molecular complexity index is 1290. The number of benzene rings is 1. The number of amides is 6. The zero-order chi connectivity index (χ0) is 35.5. The lowest BCUT2D eigenvalue weighted by Crippen LogP contribution is -2.52. The van der Waals surface area contributed by atoms with Gasteiger partial charge in [0.25, 0.3) is 11.8 Å². The van der Waals surface area contributed by atoms with Gasteiger partial charge in [-0.05, 0) is 18.4 Å². The van der Waals surface area contributed by atoms with Gasteiger partial charge in [0.2, 0.25) is 23.6 Å². The summed E-state index contributed by atoms with van der Waals surface area (Å²) in [6, 6.07) is 5.37. The second kappa shape index (κ2) is 20.4. The molecule has 1 aliphatic rings. The van der Waals surface area contributed by atoms with E-state index in [1.807, 2.05) is 0 Å². The average Bonchev–Trinajstić information content (AvgIpc) is 3.35. The lowest BCUT2D eigenvalue weighted by Gasteiger charge is -2.22. The van der Waals surface area contributed by atoms with Gasteiger partial charge in [-0.1, -0.05) is 43.2 Å². The molecule has 15 nitrogen and oxygen atoms in total. The number of nitrogens with one attached hydrogen (secondary N) is 5. The molecular formula is C30H39F3N6O9. The van der Waals surface area contributed by atoms with E-state index in [0.29, 0.717) is 18.4 Å². The molecule has 1 aliphatic heterocycles. The number of carbonyl (C=O) groups excluding carboxylic acids is 6. The van der Waals surface area contributed by atoms with E-state index < -0.39 is 79.3 Å². The first kappa shape index (κ1) is 39.3. The van der Waals surface area contributed by atoms with Crippen LogP contribution < -0.4 is 26.6 Å². The number of carboxylic acids is 1. The van der Waals surface area contributed by atoms with Gasteiger partial charge in [0, 0.05) is 25.1 Å². The molecule has 0 fully saturated rings. The molecule has 18 heteroatoms. The molecule has 2 atom stereocenters. The minimum absolute atomic E-state index is 0.0165. The van der Waals surface area contributed by atoms with E-state index in [4.69, 9.17) is 9.84 Å². The predicted octanol–water partition coefficient (Wildman–Crippen LogP) is -0.483. The first-order chi connectivity index (χ1) is 22.8. The second-order valence-corrected chi connectivity index (χ2v) is 10.6. The van der Waals surface area contributed by atoms with E-state index in [2.05, 4.69) is 26.6 Å². The number of aliphatic carboxylic acids is 1. The maximum Gasteiger partial charge on any atom is 0.403 e. The molecule has 48 heavy (non-hydrogen) atoms. The lowest BCUT2D eigenvalue weighted by atomic mass is 10.1. The zero-order valence-electron chi connectivity index (χ0n) is 26.0. The summed E-state index contributed by atoms with van der Waals surface area (Å²) in [5, 5.41) is 20.1. The molecule has 6 amide bonds. The number of carbonyl (C=O) groups is 7. The maximum atomic E-state index is 13.5. The van der Waals surface area contributed by atoms with Gasteiger partial charge < -0.3 is 31.1 Å². The second-order valence-electron chi connectivity index (χ2n) is 10.6. The molecule has 0 saturated carbocycles. The number of halogens is 3. The third-order valence-electron chi connectivity index (χ3n) is 6.81. The van der Waals surface area contributed by atoms with Crippen molar-refractivity contribution < 1.29 is 56.6 Å². The van der Waals surface area contributed by atoms with Gasteiger partial charge in [0.1, 0.15) is 18.8 Å². The van der Waals surface area contributed by atoms with Crippen LogP contribution in [-0.4, -0.2) is 109 Å². The highest BCUT2D eigenvalue weighted by Gasteiger charge is 2.39. The van der Waals surface area contributed by atoms with Crippen LogP contribution in [0.1, 0.15) is 37.7 Å². The number of unbranched alkanes of at least 4 members (excludes halogenated alkanes) is 2.